The number of benzene rings is 9. The average Bonchev–Trinajstić information content (AvgIpc) is 3.89. The summed E-state index contributed by atoms with van der Waals surface area (Å²) in [6.07, 6.45) is 1.99. The van der Waals surface area contributed by atoms with Gasteiger partial charge in [-0.2, -0.15) is 0 Å². The van der Waals surface area contributed by atoms with E-state index in [4.69, 9.17) is 19.6 Å². The van der Waals surface area contributed by atoms with Gasteiger partial charge in [-0.15, -0.1) is 0 Å². The lowest BCUT2D eigenvalue weighted by Gasteiger charge is -2.12. The van der Waals surface area contributed by atoms with E-state index in [-0.39, 0.29) is 0 Å². The van der Waals surface area contributed by atoms with Crippen LogP contribution >= 0.6 is 0 Å². The maximum atomic E-state index is 6.93. The molecule has 2 aromatic heterocycles. The SMILES string of the molecule is N/C(=C\C(=N/Cc1ccccc1)c1ccc(-c2cc(-c3ccccc3)cc(-c3ccc4c(c3)oc3ccccc34)c2)cc1)c1ccc2c(c1)oc1ccc3ccccc3c12. The summed E-state index contributed by atoms with van der Waals surface area (Å²) in [6, 6.07) is 69.9. The standard InChI is InChI=1S/C56H38N2O2/c57-50(42-24-27-49-55(33-42)60-53-28-25-39-15-7-8-16-46(39)56(49)53)34-51(58-35-36-11-3-1-4-12-36)40-21-19-38(20-22-40)44-29-43(37-13-5-2-6-14-37)30-45(31-44)41-23-26-48-47-17-9-10-18-52(47)59-54(48)32-41/h1-34H,35,57H2/b50-34-,58-51+. The molecule has 0 fully saturated rings. The lowest BCUT2D eigenvalue weighted by Crippen LogP contribution is -2.04. The highest BCUT2D eigenvalue weighted by atomic mass is 16.3. The van der Waals surface area contributed by atoms with Gasteiger partial charge in [0.05, 0.1) is 12.3 Å². The Morgan fingerprint density at radius 3 is 1.80 bits per heavy atom. The highest BCUT2D eigenvalue weighted by Gasteiger charge is 2.14. The predicted octanol–water partition coefficient (Wildman–Crippen LogP) is 14.6. The first kappa shape index (κ1) is 35.2. The molecule has 60 heavy (non-hydrogen) atoms. The molecule has 9 aromatic carbocycles. The van der Waals surface area contributed by atoms with E-state index in [1.807, 2.05) is 42.5 Å². The zero-order valence-corrected chi connectivity index (χ0v) is 32.7. The number of hydrogen-bond acceptors (Lipinski definition) is 4. The molecule has 0 aliphatic rings. The molecule has 0 saturated carbocycles. The van der Waals surface area contributed by atoms with Gasteiger partial charge in [-0.25, -0.2) is 0 Å². The predicted molar refractivity (Wildman–Crippen MR) is 250 cm³/mol. The van der Waals surface area contributed by atoms with Crippen LogP contribution in [0, 0.1) is 0 Å². The number of hydrogen-bond donors (Lipinski definition) is 1. The third-order valence-corrected chi connectivity index (χ3v) is 11.5. The lowest BCUT2D eigenvalue weighted by molar-refractivity contribution is 0.668. The maximum Gasteiger partial charge on any atom is 0.136 e. The number of nitrogens with zero attached hydrogens (tertiary/aromatic N) is 1. The number of para-hydroxylation sites is 1. The molecule has 2 heterocycles. The summed E-state index contributed by atoms with van der Waals surface area (Å²) in [7, 11) is 0. The van der Waals surface area contributed by atoms with Crippen LogP contribution in [-0.4, -0.2) is 5.71 Å². The number of fused-ring (bicyclic) bond motifs is 8. The minimum atomic E-state index is 0.523. The third-order valence-electron chi connectivity index (χ3n) is 11.5. The molecular weight excluding hydrogens is 733 g/mol. The van der Waals surface area contributed by atoms with Gasteiger partial charge in [0.15, 0.2) is 0 Å². The van der Waals surface area contributed by atoms with Crippen LogP contribution in [-0.2, 0) is 6.54 Å². The fourth-order valence-corrected chi connectivity index (χ4v) is 8.43. The Morgan fingerprint density at radius 1 is 0.417 bits per heavy atom. The van der Waals surface area contributed by atoms with Crippen LogP contribution in [0.1, 0.15) is 16.7 Å². The molecule has 0 radical (unpaired) electrons. The first-order valence-electron chi connectivity index (χ1n) is 20.2. The van der Waals surface area contributed by atoms with E-state index >= 15 is 0 Å². The molecule has 0 bridgehead atoms. The summed E-state index contributed by atoms with van der Waals surface area (Å²) in [5.74, 6) is 0. The van der Waals surface area contributed by atoms with Crippen LogP contribution < -0.4 is 5.73 Å². The second-order valence-electron chi connectivity index (χ2n) is 15.3. The van der Waals surface area contributed by atoms with Gasteiger partial charge in [-0.1, -0.05) is 146 Å². The Kier molecular flexibility index (Phi) is 8.67. The first-order chi connectivity index (χ1) is 29.6. The fourth-order valence-electron chi connectivity index (χ4n) is 8.43. The van der Waals surface area contributed by atoms with Crippen LogP contribution in [0.3, 0.4) is 0 Å². The van der Waals surface area contributed by atoms with Gasteiger partial charge in [0, 0.05) is 32.8 Å². The van der Waals surface area contributed by atoms with Gasteiger partial charge >= 0.3 is 0 Å². The first-order valence-corrected chi connectivity index (χ1v) is 20.2. The molecule has 0 saturated heterocycles. The number of aliphatic imine (C=N–C) groups is 1. The molecule has 0 aliphatic heterocycles. The normalized spacial score (nSPS) is 12.3. The van der Waals surface area contributed by atoms with E-state index < -0.39 is 0 Å². The van der Waals surface area contributed by atoms with E-state index in [0.29, 0.717) is 12.2 Å². The smallest absolute Gasteiger partial charge is 0.136 e. The maximum absolute atomic E-state index is 6.93. The van der Waals surface area contributed by atoms with Crippen LogP contribution in [0.5, 0.6) is 0 Å². The zero-order chi connectivity index (χ0) is 40.0. The molecule has 0 spiro atoms. The van der Waals surface area contributed by atoms with Crippen LogP contribution in [0.25, 0.3) is 93.7 Å². The average molecular weight is 771 g/mol. The van der Waals surface area contributed by atoms with Gasteiger partial charge in [0.1, 0.15) is 22.3 Å². The van der Waals surface area contributed by atoms with Crippen molar-refractivity contribution >= 4 is 66.1 Å². The summed E-state index contributed by atoms with van der Waals surface area (Å²) < 4.78 is 12.7. The van der Waals surface area contributed by atoms with E-state index in [0.717, 1.165) is 99.7 Å². The van der Waals surface area contributed by atoms with Gasteiger partial charge < -0.3 is 14.6 Å². The van der Waals surface area contributed by atoms with Crippen molar-refractivity contribution < 1.29 is 8.83 Å². The topological polar surface area (TPSA) is 64.7 Å². The largest absolute Gasteiger partial charge is 0.456 e. The molecule has 284 valence electrons. The van der Waals surface area contributed by atoms with E-state index in [2.05, 4.69) is 164 Å². The highest BCUT2D eigenvalue weighted by molar-refractivity contribution is 6.19. The van der Waals surface area contributed by atoms with Gasteiger partial charge in [0.25, 0.3) is 0 Å². The Labute approximate surface area is 347 Å². The summed E-state index contributed by atoms with van der Waals surface area (Å²) in [6.45, 7) is 0.523. The summed E-state index contributed by atoms with van der Waals surface area (Å²) in [5.41, 5.74) is 21.5. The second kappa shape index (κ2) is 14.8. The highest BCUT2D eigenvalue weighted by Crippen LogP contribution is 2.38. The van der Waals surface area contributed by atoms with Crippen molar-refractivity contribution in [1.29, 1.82) is 0 Å². The quantitative estimate of drug-likeness (QED) is 0.157. The van der Waals surface area contributed by atoms with Crippen molar-refractivity contribution in [2.24, 2.45) is 10.7 Å². The number of rotatable bonds is 8. The third kappa shape index (κ3) is 6.51. The van der Waals surface area contributed by atoms with Crippen molar-refractivity contribution in [1.82, 2.24) is 0 Å². The van der Waals surface area contributed by atoms with Crippen molar-refractivity contribution in [2.45, 2.75) is 6.54 Å². The molecule has 2 N–H and O–H groups in total. The lowest BCUT2D eigenvalue weighted by atomic mass is 9.92. The minimum absolute atomic E-state index is 0.523. The van der Waals surface area contributed by atoms with E-state index in [9.17, 15) is 0 Å². The Morgan fingerprint density at radius 2 is 1.00 bits per heavy atom. The minimum Gasteiger partial charge on any atom is -0.456 e. The molecule has 0 unspecified atom stereocenters. The van der Waals surface area contributed by atoms with Crippen molar-refractivity contribution in [3.8, 4) is 33.4 Å². The Balaban J connectivity index is 0.970. The van der Waals surface area contributed by atoms with Crippen molar-refractivity contribution in [2.75, 3.05) is 0 Å². The molecule has 0 amide bonds. The Hall–Kier alpha value is -7.95. The number of allylic oxidation sites excluding steroid dienone is 1. The zero-order valence-electron chi connectivity index (χ0n) is 32.7. The van der Waals surface area contributed by atoms with Crippen LogP contribution in [0.4, 0.5) is 0 Å². The molecule has 0 atom stereocenters. The molecule has 11 rings (SSSR count). The van der Waals surface area contributed by atoms with Gasteiger partial charge in [0.2, 0.25) is 0 Å². The summed E-state index contributed by atoms with van der Waals surface area (Å²) >= 11 is 0. The molecule has 0 aliphatic carbocycles. The van der Waals surface area contributed by atoms with Gasteiger partial charge in [-0.05, 0) is 116 Å². The van der Waals surface area contributed by atoms with Crippen LogP contribution in [0.2, 0.25) is 0 Å². The van der Waals surface area contributed by atoms with Gasteiger partial charge in [-0.3, -0.25) is 4.99 Å². The van der Waals surface area contributed by atoms with Crippen molar-refractivity contribution in [3.05, 3.63) is 223 Å². The second-order valence-corrected chi connectivity index (χ2v) is 15.3. The van der Waals surface area contributed by atoms with E-state index in [1.54, 1.807) is 0 Å². The number of furan rings is 2. The fraction of sp³-hybridized carbons (Fsp3) is 0.0179. The van der Waals surface area contributed by atoms with E-state index in [1.165, 1.54) is 10.8 Å². The van der Waals surface area contributed by atoms with Crippen LogP contribution in [0.15, 0.2) is 220 Å². The summed E-state index contributed by atoms with van der Waals surface area (Å²) in [4.78, 5) is 5.14. The summed E-state index contributed by atoms with van der Waals surface area (Å²) in [5, 5.41) is 6.80. The number of nitrogens with two attached hydrogens (primary N) is 1. The Bertz CT molecular complexity index is 3450. The molecule has 4 heteroatoms. The van der Waals surface area contributed by atoms with Crippen molar-refractivity contribution in [3.63, 3.8) is 0 Å². The molecular formula is C56H38N2O2. The molecule has 4 nitrogen and oxygen atoms in total. The molecule has 11 aromatic rings. The monoisotopic (exact) mass is 770 g/mol.